The molecule has 0 aliphatic heterocycles. The minimum Gasteiger partial charge on any atom is -0.316 e. The van der Waals surface area contributed by atoms with Gasteiger partial charge in [-0.05, 0) is 45.2 Å². The van der Waals surface area contributed by atoms with Crippen molar-refractivity contribution in [2.24, 2.45) is 0 Å². The molecule has 0 atom stereocenters. The topological polar surface area (TPSA) is 17.8 Å². The molecule has 0 amide bonds. The third kappa shape index (κ3) is 1.57. The molecular weight excluding hydrogens is 330 g/mol. The van der Waals surface area contributed by atoms with Crippen LogP contribution >= 0.6 is 45.2 Å². The molecule has 0 radical (unpaired) electrons. The Bertz CT molecular complexity index is 147. The monoisotopic (exact) mass is 334 g/mol. The second-order valence-corrected chi connectivity index (χ2v) is 6.03. The Hall–Kier alpha value is 0.670. The maximum atomic E-state index is 3.90. The molecule has 0 bridgehead atoms. The van der Waals surface area contributed by atoms with Gasteiger partial charge in [0.05, 0.1) is 6.33 Å². The molecule has 0 N–H and O–H groups in total. The van der Waals surface area contributed by atoms with Crippen molar-refractivity contribution in [1.82, 2.24) is 9.55 Å². The van der Waals surface area contributed by atoms with Crippen molar-refractivity contribution in [1.29, 1.82) is 0 Å². The molecule has 0 saturated heterocycles. The third-order valence-corrected chi connectivity index (χ3v) is 2.04. The lowest BCUT2D eigenvalue weighted by atomic mass is 10.9. The van der Waals surface area contributed by atoms with E-state index in [2.05, 4.69) is 50.2 Å². The van der Waals surface area contributed by atoms with Gasteiger partial charge in [-0.3, -0.25) is 0 Å². The summed E-state index contributed by atoms with van der Waals surface area (Å²) in [5, 5.41) is 0. The molecule has 0 unspecified atom stereocenters. The molecule has 0 aromatic carbocycles. The van der Waals surface area contributed by atoms with Crippen LogP contribution in [0.4, 0.5) is 0 Å². The highest BCUT2D eigenvalue weighted by molar-refractivity contribution is 14.2. The molecule has 1 rings (SSSR count). The first kappa shape index (κ1) is 6.79. The minimum atomic E-state index is 0.479. The van der Waals surface area contributed by atoms with E-state index in [1.807, 2.05) is 17.1 Å². The maximum absolute atomic E-state index is 3.90. The average molecular weight is 334 g/mol. The van der Waals surface area contributed by atoms with E-state index in [-0.39, 0.29) is 0 Å². The summed E-state index contributed by atoms with van der Waals surface area (Å²) in [6.07, 6.45) is 5.54. The fourth-order valence-corrected chi connectivity index (χ4v) is 1.04. The molecular formula is C4H4I2N2. The number of rotatable bonds is 1. The fourth-order valence-electron chi connectivity index (χ4n) is 0.385. The second-order valence-electron chi connectivity index (χ2n) is 1.29. The van der Waals surface area contributed by atoms with Gasteiger partial charge in [-0.15, -0.1) is 0 Å². The summed E-state index contributed by atoms with van der Waals surface area (Å²) in [6.45, 7) is 0. The van der Waals surface area contributed by atoms with Gasteiger partial charge in [0.2, 0.25) is 0 Å². The number of imidazole rings is 1. The minimum absolute atomic E-state index is 0.479. The summed E-state index contributed by atoms with van der Waals surface area (Å²) < 4.78 is 2.51. The Morgan fingerprint density at radius 3 is 2.50 bits per heavy atom. The van der Waals surface area contributed by atoms with Gasteiger partial charge < -0.3 is 4.57 Å². The molecule has 1 heterocycles. The van der Waals surface area contributed by atoms with E-state index in [9.17, 15) is 0 Å². The van der Waals surface area contributed by atoms with E-state index in [0.29, 0.717) is 2.06 Å². The average Bonchev–Trinajstić information content (AvgIpc) is 2.12. The second kappa shape index (κ2) is 3.00. The number of aromatic nitrogens is 2. The first-order valence-electron chi connectivity index (χ1n) is 2.06. The van der Waals surface area contributed by atoms with Crippen LogP contribution in [0.25, 0.3) is 0 Å². The van der Waals surface area contributed by atoms with Crippen LogP contribution in [0.2, 0.25) is 0 Å². The molecule has 1 aromatic heterocycles. The van der Waals surface area contributed by atoms with Crippen molar-refractivity contribution in [3.05, 3.63) is 18.7 Å². The predicted molar refractivity (Wildman–Crippen MR) is 49.3 cm³/mol. The molecule has 0 aliphatic rings. The number of hydrogen-bond donors (Lipinski definition) is 0. The van der Waals surface area contributed by atoms with E-state index >= 15 is 0 Å². The lowest BCUT2D eigenvalue weighted by molar-refractivity contribution is 0.918. The summed E-state index contributed by atoms with van der Waals surface area (Å²) >= 11 is 4.63. The first-order valence-corrected chi connectivity index (χ1v) is 4.55. The van der Waals surface area contributed by atoms with Gasteiger partial charge >= 0.3 is 0 Å². The Balaban J connectivity index is 2.77. The quantitative estimate of drug-likeness (QED) is 0.569. The van der Waals surface area contributed by atoms with Gasteiger partial charge in [0.1, 0.15) is 2.06 Å². The molecule has 4 heteroatoms. The Kier molecular flexibility index (Phi) is 2.54. The van der Waals surface area contributed by atoms with Crippen LogP contribution < -0.4 is 0 Å². The predicted octanol–water partition coefficient (Wildman–Crippen LogP) is 2.21. The van der Waals surface area contributed by atoms with Crippen molar-refractivity contribution in [2.45, 2.75) is 2.06 Å². The highest BCUT2D eigenvalue weighted by Crippen LogP contribution is 2.22. The molecule has 8 heavy (non-hydrogen) atoms. The lowest BCUT2D eigenvalue weighted by Crippen LogP contribution is -1.87. The summed E-state index contributed by atoms with van der Waals surface area (Å²) in [6, 6.07) is 0. The zero-order chi connectivity index (χ0) is 5.98. The Morgan fingerprint density at radius 2 is 2.25 bits per heavy atom. The Labute approximate surface area is 75.0 Å². The Morgan fingerprint density at radius 1 is 1.50 bits per heavy atom. The molecule has 44 valence electrons. The van der Waals surface area contributed by atoms with Crippen molar-refractivity contribution < 1.29 is 0 Å². The van der Waals surface area contributed by atoms with E-state index in [1.165, 1.54) is 0 Å². The van der Waals surface area contributed by atoms with Gasteiger partial charge in [-0.25, -0.2) is 4.98 Å². The summed E-state index contributed by atoms with van der Waals surface area (Å²) in [5.41, 5.74) is 0. The van der Waals surface area contributed by atoms with Crippen LogP contribution in [0.15, 0.2) is 18.7 Å². The molecule has 2 nitrogen and oxygen atoms in total. The van der Waals surface area contributed by atoms with Crippen LogP contribution in [0, 0.1) is 0 Å². The van der Waals surface area contributed by atoms with Crippen LogP contribution in [-0.2, 0) is 0 Å². The molecule has 1 aromatic rings. The van der Waals surface area contributed by atoms with Gasteiger partial charge in [0.25, 0.3) is 0 Å². The molecule has 0 spiro atoms. The van der Waals surface area contributed by atoms with Crippen LogP contribution in [0.1, 0.15) is 2.06 Å². The maximum Gasteiger partial charge on any atom is 0.137 e. The van der Waals surface area contributed by atoms with Crippen molar-refractivity contribution in [3.8, 4) is 0 Å². The number of hydrogen-bond acceptors (Lipinski definition) is 1. The van der Waals surface area contributed by atoms with Gasteiger partial charge in [-0.2, -0.15) is 0 Å². The van der Waals surface area contributed by atoms with E-state index in [4.69, 9.17) is 0 Å². The number of alkyl halides is 2. The van der Waals surface area contributed by atoms with Crippen molar-refractivity contribution in [2.75, 3.05) is 0 Å². The van der Waals surface area contributed by atoms with E-state index in [1.54, 1.807) is 6.20 Å². The largest absolute Gasteiger partial charge is 0.316 e. The standard InChI is InChI=1S/C4H4I2N2/c5-4(6)8-2-1-7-3-8/h1-4H. The highest BCUT2D eigenvalue weighted by atomic mass is 127. The fraction of sp³-hybridized carbons (Fsp3) is 0.250. The van der Waals surface area contributed by atoms with E-state index < -0.39 is 0 Å². The van der Waals surface area contributed by atoms with Crippen LogP contribution in [-0.4, -0.2) is 9.55 Å². The summed E-state index contributed by atoms with van der Waals surface area (Å²) in [5.74, 6) is 0. The van der Waals surface area contributed by atoms with Gasteiger partial charge in [0.15, 0.2) is 0 Å². The highest BCUT2D eigenvalue weighted by Gasteiger charge is 1.94. The van der Waals surface area contributed by atoms with Crippen molar-refractivity contribution >= 4 is 45.2 Å². The van der Waals surface area contributed by atoms with Gasteiger partial charge in [-0.1, -0.05) is 0 Å². The normalized spacial score (nSPS) is 10.4. The zero-order valence-electron chi connectivity index (χ0n) is 3.96. The zero-order valence-corrected chi connectivity index (χ0v) is 8.27. The SMILES string of the molecule is IC(I)n1ccnc1. The molecule has 0 aliphatic carbocycles. The lowest BCUT2D eigenvalue weighted by Gasteiger charge is -1.98. The van der Waals surface area contributed by atoms with Crippen LogP contribution in [0.3, 0.4) is 0 Å². The molecule has 0 fully saturated rings. The van der Waals surface area contributed by atoms with Gasteiger partial charge in [0, 0.05) is 12.4 Å². The van der Waals surface area contributed by atoms with Crippen LogP contribution in [0.5, 0.6) is 0 Å². The summed E-state index contributed by atoms with van der Waals surface area (Å²) in [4.78, 5) is 3.90. The number of halogens is 2. The third-order valence-electron chi connectivity index (χ3n) is 0.750. The van der Waals surface area contributed by atoms with E-state index in [0.717, 1.165) is 0 Å². The smallest absolute Gasteiger partial charge is 0.137 e. The van der Waals surface area contributed by atoms with Crippen molar-refractivity contribution in [3.63, 3.8) is 0 Å². The summed E-state index contributed by atoms with van der Waals surface area (Å²) in [7, 11) is 0. The first-order chi connectivity index (χ1) is 3.80. The molecule has 0 saturated carbocycles. The number of nitrogens with zero attached hydrogens (tertiary/aromatic N) is 2.